The molecular formula is C24H27N3O5S2. The van der Waals surface area contributed by atoms with Gasteiger partial charge in [-0.25, -0.2) is 13.2 Å². The average molecular weight is 502 g/mol. The lowest BCUT2D eigenvalue weighted by molar-refractivity contribution is -0.119. The minimum absolute atomic E-state index is 0.0394. The molecule has 2 aliphatic rings. The molecule has 2 aromatic rings. The normalized spacial score (nSPS) is 23.8. The Hall–Kier alpha value is -2.74. The molecule has 1 aliphatic heterocycles. The van der Waals surface area contributed by atoms with E-state index in [0.29, 0.717) is 17.1 Å². The van der Waals surface area contributed by atoms with Crippen LogP contribution in [0.25, 0.3) is 0 Å². The molecule has 0 radical (unpaired) electrons. The largest absolute Gasteiger partial charge is 0.452 e. The summed E-state index contributed by atoms with van der Waals surface area (Å²) in [5, 5.41) is 13.6. The van der Waals surface area contributed by atoms with Gasteiger partial charge in [0.15, 0.2) is 6.61 Å². The second-order valence-electron chi connectivity index (χ2n) is 10.2. The van der Waals surface area contributed by atoms with Gasteiger partial charge in [-0.1, -0.05) is 26.8 Å². The molecule has 0 spiro atoms. The molecule has 34 heavy (non-hydrogen) atoms. The van der Waals surface area contributed by atoms with E-state index in [1.165, 1.54) is 35.6 Å². The SMILES string of the molecule is CC1(C)CC2CC(C)(CN2S(=O)(=O)c2cccc(C(=O)OCC(=O)Nc3sccc3C#N)c2)C1. The van der Waals surface area contributed by atoms with Crippen LogP contribution in [0.3, 0.4) is 0 Å². The number of esters is 1. The molecule has 1 saturated heterocycles. The number of amides is 1. The Morgan fingerprint density at radius 1 is 1.26 bits per heavy atom. The smallest absolute Gasteiger partial charge is 0.338 e. The van der Waals surface area contributed by atoms with Crippen LogP contribution in [0.5, 0.6) is 0 Å². The van der Waals surface area contributed by atoms with Crippen molar-refractivity contribution in [2.75, 3.05) is 18.5 Å². The number of rotatable bonds is 6. The number of nitrogens with one attached hydrogen (secondary N) is 1. The molecule has 8 nitrogen and oxygen atoms in total. The Kier molecular flexibility index (Phi) is 6.31. The third-order valence-corrected chi connectivity index (χ3v) is 9.14. The Balaban J connectivity index is 1.45. The van der Waals surface area contributed by atoms with E-state index in [0.717, 1.165) is 19.3 Å². The second-order valence-corrected chi connectivity index (χ2v) is 13.0. The van der Waals surface area contributed by atoms with E-state index in [4.69, 9.17) is 10.00 Å². The fourth-order valence-electron chi connectivity index (χ4n) is 5.48. The van der Waals surface area contributed by atoms with Gasteiger partial charge in [0.05, 0.1) is 16.0 Å². The maximum Gasteiger partial charge on any atom is 0.338 e. The standard InChI is InChI=1S/C24H27N3O5S2/c1-23(2)10-18-11-24(3,14-23)15-27(18)34(30,31)19-6-4-5-16(9-19)22(29)32-13-20(28)26-21-17(12-25)7-8-33-21/h4-9,18H,10-11,13-15H2,1-3H3,(H,26,28). The molecule has 2 fully saturated rings. The minimum atomic E-state index is -3.79. The first-order chi connectivity index (χ1) is 15.9. The van der Waals surface area contributed by atoms with Crippen LogP contribution in [0.4, 0.5) is 5.00 Å². The molecule has 2 unspecified atom stereocenters. The Morgan fingerprint density at radius 3 is 2.76 bits per heavy atom. The minimum Gasteiger partial charge on any atom is -0.452 e. The zero-order valence-corrected chi connectivity index (χ0v) is 21.0. The Labute approximate surface area is 203 Å². The summed E-state index contributed by atoms with van der Waals surface area (Å²) < 4.78 is 33.7. The van der Waals surface area contributed by atoms with E-state index in [9.17, 15) is 18.0 Å². The lowest BCUT2D eigenvalue weighted by atomic mass is 9.65. The zero-order valence-electron chi connectivity index (χ0n) is 19.3. The van der Waals surface area contributed by atoms with Gasteiger partial charge in [0.1, 0.15) is 11.1 Å². The summed E-state index contributed by atoms with van der Waals surface area (Å²) in [4.78, 5) is 24.7. The first kappa shape index (κ1) is 24.4. The van der Waals surface area contributed by atoms with Crippen molar-refractivity contribution >= 4 is 38.2 Å². The molecule has 1 aromatic carbocycles. The number of benzene rings is 1. The topological polar surface area (TPSA) is 117 Å². The van der Waals surface area contributed by atoms with Crippen LogP contribution >= 0.6 is 11.3 Å². The summed E-state index contributed by atoms with van der Waals surface area (Å²) in [6, 6.07) is 9.22. The van der Waals surface area contributed by atoms with E-state index in [1.54, 1.807) is 15.8 Å². The molecular weight excluding hydrogens is 474 g/mol. The van der Waals surface area contributed by atoms with Gasteiger partial charge in [-0.05, 0) is 59.7 Å². The van der Waals surface area contributed by atoms with E-state index in [1.807, 2.05) is 6.07 Å². The van der Waals surface area contributed by atoms with Crippen LogP contribution in [0.1, 0.15) is 56.0 Å². The molecule has 2 heterocycles. The summed E-state index contributed by atoms with van der Waals surface area (Å²) in [5.74, 6) is -1.39. The highest BCUT2D eigenvalue weighted by atomic mass is 32.2. The number of hydrogen-bond donors (Lipinski definition) is 1. The summed E-state index contributed by atoms with van der Waals surface area (Å²) in [6.07, 6.45) is 2.61. The van der Waals surface area contributed by atoms with Crippen LogP contribution in [0.15, 0.2) is 40.6 Å². The van der Waals surface area contributed by atoms with Gasteiger partial charge in [-0.2, -0.15) is 9.57 Å². The molecule has 10 heteroatoms. The predicted molar refractivity (Wildman–Crippen MR) is 128 cm³/mol. The second kappa shape index (κ2) is 8.80. The van der Waals surface area contributed by atoms with Crippen LogP contribution in [-0.2, 0) is 19.6 Å². The number of nitriles is 1. The molecule has 1 aliphatic carbocycles. The van der Waals surface area contributed by atoms with Crippen molar-refractivity contribution in [1.82, 2.24) is 4.31 Å². The lowest BCUT2D eigenvalue weighted by Gasteiger charge is -2.39. The lowest BCUT2D eigenvalue weighted by Crippen LogP contribution is -2.37. The van der Waals surface area contributed by atoms with E-state index >= 15 is 0 Å². The molecule has 4 rings (SSSR count). The predicted octanol–water partition coefficient (Wildman–Crippen LogP) is 4.00. The number of thiophene rings is 1. The van der Waals surface area contributed by atoms with Gasteiger partial charge >= 0.3 is 5.97 Å². The van der Waals surface area contributed by atoms with Crippen molar-refractivity contribution in [2.45, 2.75) is 51.0 Å². The number of carbonyl (C=O) groups is 2. The summed E-state index contributed by atoms with van der Waals surface area (Å²) in [6.45, 7) is 6.41. The van der Waals surface area contributed by atoms with Crippen LogP contribution in [-0.4, -0.2) is 43.8 Å². The summed E-state index contributed by atoms with van der Waals surface area (Å²) in [7, 11) is -3.79. The van der Waals surface area contributed by atoms with Crippen LogP contribution in [0, 0.1) is 22.2 Å². The summed E-state index contributed by atoms with van der Waals surface area (Å²) in [5.41, 5.74) is 0.394. The molecule has 1 aromatic heterocycles. The van der Waals surface area contributed by atoms with Gasteiger partial charge in [0, 0.05) is 12.6 Å². The maximum absolute atomic E-state index is 13.5. The molecule has 2 atom stereocenters. The number of anilines is 1. The monoisotopic (exact) mass is 501 g/mol. The van der Waals surface area contributed by atoms with E-state index < -0.39 is 28.5 Å². The van der Waals surface area contributed by atoms with Gasteiger partial charge in [-0.15, -0.1) is 11.3 Å². The quantitative estimate of drug-likeness (QED) is 0.598. The van der Waals surface area contributed by atoms with Crippen LogP contribution < -0.4 is 5.32 Å². The van der Waals surface area contributed by atoms with Crippen molar-refractivity contribution in [2.24, 2.45) is 10.8 Å². The molecule has 1 saturated carbocycles. The fraction of sp³-hybridized carbons (Fsp3) is 0.458. The maximum atomic E-state index is 13.5. The molecule has 1 N–H and O–H groups in total. The Morgan fingerprint density at radius 2 is 2.03 bits per heavy atom. The number of nitrogens with zero attached hydrogens (tertiary/aromatic N) is 2. The van der Waals surface area contributed by atoms with Crippen molar-refractivity contribution in [3.8, 4) is 6.07 Å². The highest BCUT2D eigenvalue weighted by molar-refractivity contribution is 7.89. The number of ether oxygens (including phenoxy) is 1. The molecule has 180 valence electrons. The fourth-order valence-corrected chi connectivity index (χ4v) is 8.05. The molecule has 2 bridgehead atoms. The third kappa shape index (κ3) is 4.87. The van der Waals surface area contributed by atoms with Gasteiger partial charge in [-0.3, -0.25) is 4.79 Å². The first-order valence-corrected chi connectivity index (χ1v) is 13.3. The van der Waals surface area contributed by atoms with Gasteiger partial charge in [0.25, 0.3) is 5.91 Å². The van der Waals surface area contributed by atoms with E-state index in [-0.39, 0.29) is 27.3 Å². The first-order valence-electron chi connectivity index (χ1n) is 11.0. The van der Waals surface area contributed by atoms with Crippen molar-refractivity contribution in [3.05, 3.63) is 46.8 Å². The van der Waals surface area contributed by atoms with Gasteiger partial charge < -0.3 is 10.1 Å². The summed E-state index contributed by atoms with van der Waals surface area (Å²) >= 11 is 1.19. The number of fused-ring (bicyclic) bond motifs is 2. The number of sulfonamides is 1. The third-order valence-electron chi connectivity index (χ3n) is 6.42. The van der Waals surface area contributed by atoms with Crippen molar-refractivity contribution in [3.63, 3.8) is 0 Å². The zero-order chi connectivity index (χ0) is 24.7. The van der Waals surface area contributed by atoms with Crippen molar-refractivity contribution < 1.29 is 22.7 Å². The Bertz CT molecular complexity index is 1280. The van der Waals surface area contributed by atoms with Crippen molar-refractivity contribution in [1.29, 1.82) is 5.26 Å². The highest BCUT2D eigenvalue weighted by Gasteiger charge is 2.53. The molecule has 1 amide bonds. The van der Waals surface area contributed by atoms with Gasteiger partial charge in [0.2, 0.25) is 10.0 Å². The van der Waals surface area contributed by atoms with E-state index in [2.05, 4.69) is 26.1 Å². The average Bonchev–Trinajstić information content (AvgIpc) is 3.32. The highest BCUT2D eigenvalue weighted by Crippen LogP contribution is 2.53. The number of carbonyl (C=O) groups excluding carboxylic acids is 2. The van der Waals surface area contributed by atoms with Crippen LogP contribution in [0.2, 0.25) is 0 Å². The number of hydrogen-bond acceptors (Lipinski definition) is 7.